The minimum atomic E-state index is -2.67. The number of alkyl halides is 2. The van der Waals surface area contributed by atoms with Crippen LogP contribution in [0.1, 0.15) is 29.8 Å². The minimum absolute atomic E-state index is 0.110. The second kappa shape index (κ2) is 5.77. The van der Waals surface area contributed by atoms with Crippen LogP contribution in [0.2, 0.25) is 0 Å². The molecular weight excluding hydrogens is 344 g/mol. The number of halogens is 2. The monoisotopic (exact) mass is 365 g/mol. The van der Waals surface area contributed by atoms with Crippen LogP contribution < -0.4 is 9.64 Å². The summed E-state index contributed by atoms with van der Waals surface area (Å²) in [5, 5.41) is 0. The van der Waals surface area contributed by atoms with Crippen LogP contribution in [0.3, 0.4) is 0 Å². The molecule has 1 saturated carbocycles. The van der Waals surface area contributed by atoms with E-state index >= 15 is 0 Å². The standard InChI is InChI=1S/C18H21F2N3O3/c19-18(20)9-22(10-18)15-4-3-14(21-16(15)26-7-11-1-2-11)17(24)23-6-13-5-12(23)8-25-13/h3-4,11-13H,1-2,5-10H2/t12-,13?/m0/s1. The number of rotatable bonds is 5. The largest absolute Gasteiger partial charge is 0.476 e. The van der Waals surface area contributed by atoms with Gasteiger partial charge in [0, 0.05) is 6.54 Å². The molecule has 1 aromatic heterocycles. The lowest BCUT2D eigenvalue weighted by Crippen LogP contribution is -2.56. The molecule has 1 aliphatic carbocycles. The molecule has 0 spiro atoms. The first-order valence-electron chi connectivity index (χ1n) is 9.18. The number of anilines is 1. The van der Waals surface area contributed by atoms with Crippen LogP contribution in [0.4, 0.5) is 14.5 Å². The summed E-state index contributed by atoms with van der Waals surface area (Å²) in [5.74, 6) is -2.01. The molecule has 4 aliphatic rings. The molecule has 5 rings (SSSR count). The van der Waals surface area contributed by atoms with Gasteiger partial charge in [-0.1, -0.05) is 0 Å². The molecule has 2 bridgehead atoms. The zero-order chi connectivity index (χ0) is 17.9. The van der Waals surface area contributed by atoms with Gasteiger partial charge in [-0.05, 0) is 37.3 Å². The third-order valence-electron chi connectivity index (χ3n) is 5.56. The third kappa shape index (κ3) is 2.90. The number of pyridine rings is 1. The van der Waals surface area contributed by atoms with Gasteiger partial charge in [0.1, 0.15) is 11.4 Å². The first kappa shape index (κ1) is 16.2. The zero-order valence-electron chi connectivity index (χ0n) is 14.4. The van der Waals surface area contributed by atoms with Gasteiger partial charge in [0.15, 0.2) is 0 Å². The van der Waals surface area contributed by atoms with Gasteiger partial charge in [-0.3, -0.25) is 4.79 Å². The lowest BCUT2D eigenvalue weighted by atomic mass is 10.1. The van der Waals surface area contributed by atoms with Crippen molar-refractivity contribution in [3.05, 3.63) is 17.8 Å². The van der Waals surface area contributed by atoms with Crippen molar-refractivity contribution < 1.29 is 23.0 Å². The topological polar surface area (TPSA) is 54.9 Å². The summed E-state index contributed by atoms with van der Waals surface area (Å²) in [7, 11) is 0. The van der Waals surface area contributed by atoms with Crippen molar-refractivity contribution in [3.8, 4) is 5.88 Å². The number of fused-ring (bicyclic) bond motifs is 2. The average molecular weight is 365 g/mol. The molecule has 6 nitrogen and oxygen atoms in total. The maximum Gasteiger partial charge on any atom is 0.282 e. The Morgan fingerprint density at radius 1 is 1.35 bits per heavy atom. The lowest BCUT2D eigenvalue weighted by Gasteiger charge is -2.40. The van der Waals surface area contributed by atoms with Gasteiger partial charge in [-0.25, -0.2) is 13.8 Å². The minimum Gasteiger partial charge on any atom is -0.476 e. The molecule has 3 aliphatic heterocycles. The van der Waals surface area contributed by atoms with Crippen LogP contribution in [0.15, 0.2) is 12.1 Å². The fraction of sp³-hybridized carbons (Fsp3) is 0.667. The van der Waals surface area contributed by atoms with E-state index in [0.29, 0.717) is 42.9 Å². The van der Waals surface area contributed by atoms with E-state index in [1.54, 1.807) is 21.9 Å². The number of likely N-dealkylation sites (tertiary alicyclic amines) is 1. The smallest absolute Gasteiger partial charge is 0.282 e. The highest BCUT2D eigenvalue weighted by Crippen LogP contribution is 2.38. The van der Waals surface area contributed by atoms with Crippen molar-refractivity contribution in [2.45, 2.75) is 37.3 Å². The number of ether oxygens (including phenoxy) is 2. The molecule has 0 radical (unpaired) electrons. The summed E-state index contributed by atoms with van der Waals surface area (Å²) in [6.07, 6.45) is 3.23. The summed E-state index contributed by atoms with van der Waals surface area (Å²) in [6, 6.07) is 3.41. The Morgan fingerprint density at radius 2 is 2.15 bits per heavy atom. The van der Waals surface area contributed by atoms with E-state index in [2.05, 4.69) is 4.98 Å². The molecule has 8 heteroatoms. The molecule has 4 fully saturated rings. The van der Waals surface area contributed by atoms with E-state index < -0.39 is 5.92 Å². The van der Waals surface area contributed by atoms with Crippen molar-refractivity contribution in [2.24, 2.45) is 5.92 Å². The Morgan fingerprint density at radius 3 is 2.77 bits per heavy atom. The van der Waals surface area contributed by atoms with Crippen LogP contribution in [-0.4, -0.2) is 66.7 Å². The molecule has 1 unspecified atom stereocenters. The summed E-state index contributed by atoms with van der Waals surface area (Å²) >= 11 is 0. The van der Waals surface area contributed by atoms with Crippen molar-refractivity contribution >= 4 is 11.6 Å². The highest BCUT2D eigenvalue weighted by molar-refractivity contribution is 5.93. The molecule has 4 heterocycles. The predicted molar refractivity (Wildman–Crippen MR) is 88.8 cm³/mol. The number of hydrogen-bond acceptors (Lipinski definition) is 5. The molecule has 1 aromatic rings. The first-order chi connectivity index (χ1) is 12.5. The van der Waals surface area contributed by atoms with Gasteiger partial charge >= 0.3 is 0 Å². The second-order valence-electron chi connectivity index (χ2n) is 7.79. The van der Waals surface area contributed by atoms with Crippen molar-refractivity contribution in [2.75, 3.05) is 37.7 Å². The molecule has 3 saturated heterocycles. The number of hydrogen-bond donors (Lipinski definition) is 0. The highest BCUT2D eigenvalue weighted by Gasteiger charge is 2.46. The van der Waals surface area contributed by atoms with Gasteiger partial charge < -0.3 is 19.3 Å². The molecular formula is C18H21F2N3O3. The molecule has 2 atom stereocenters. The maximum absolute atomic E-state index is 13.3. The quantitative estimate of drug-likeness (QED) is 0.798. The Bertz CT molecular complexity index is 732. The number of carbonyl (C=O) groups is 1. The van der Waals surface area contributed by atoms with Crippen LogP contribution in [-0.2, 0) is 4.74 Å². The van der Waals surface area contributed by atoms with Crippen LogP contribution >= 0.6 is 0 Å². The van der Waals surface area contributed by atoms with E-state index in [4.69, 9.17) is 9.47 Å². The Labute approximate surface area is 150 Å². The maximum atomic E-state index is 13.3. The van der Waals surface area contributed by atoms with Gasteiger partial charge in [-0.15, -0.1) is 0 Å². The van der Waals surface area contributed by atoms with E-state index in [-0.39, 0.29) is 31.1 Å². The Hall–Kier alpha value is -1.96. The number of amides is 1. The van der Waals surface area contributed by atoms with Gasteiger partial charge in [-0.2, -0.15) is 0 Å². The fourth-order valence-electron chi connectivity index (χ4n) is 3.86. The molecule has 1 amide bonds. The first-order valence-corrected chi connectivity index (χ1v) is 9.18. The van der Waals surface area contributed by atoms with E-state index in [1.807, 2.05) is 0 Å². The van der Waals surface area contributed by atoms with Gasteiger partial charge in [0.05, 0.1) is 38.4 Å². The highest BCUT2D eigenvalue weighted by atomic mass is 19.3. The molecule has 140 valence electrons. The molecule has 26 heavy (non-hydrogen) atoms. The summed E-state index contributed by atoms with van der Waals surface area (Å²) < 4.78 is 37.9. The van der Waals surface area contributed by atoms with Crippen molar-refractivity contribution in [1.29, 1.82) is 0 Å². The van der Waals surface area contributed by atoms with Crippen LogP contribution in [0.5, 0.6) is 5.88 Å². The number of morpholine rings is 1. The summed E-state index contributed by atoms with van der Waals surface area (Å²) in [4.78, 5) is 20.6. The van der Waals surface area contributed by atoms with E-state index in [1.165, 1.54) is 0 Å². The second-order valence-corrected chi connectivity index (χ2v) is 7.79. The molecule has 0 aromatic carbocycles. The van der Waals surface area contributed by atoms with Crippen molar-refractivity contribution in [1.82, 2.24) is 9.88 Å². The fourth-order valence-corrected chi connectivity index (χ4v) is 3.86. The summed E-state index contributed by atoms with van der Waals surface area (Å²) in [5.41, 5.74) is 0.846. The Balaban J connectivity index is 1.37. The number of carbonyl (C=O) groups excluding carboxylic acids is 1. The van der Waals surface area contributed by atoms with E-state index in [0.717, 1.165) is 19.3 Å². The lowest BCUT2D eigenvalue weighted by molar-refractivity contribution is -0.0265. The van der Waals surface area contributed by atoms with Crippen LogP contribution in [0.25, 0.3) is 0 Å². The Kier molecular flexibility index (Phi) is 3.60. The van der Waals surface area contributed by atoms with Gasteiger partial charge in [0.25, 0.3) is 11.8 Å². The summed E-state index contributed by atoms with van der Waals surface area (Å²) in [6.45, 7) is 1.00. The van der Waals surface area contributed by atoms with Gasteiger partial charge in [0.2, 0.25) is 5.88 Å². The normalized spacial score (nSPS) is 29.0. The number of nitrogens with zero attached hydrogens (tertiary/aromatic N) is 3. The third-order valence-corrected chi connectivity index (χ3v) is 5.56. The average Bonchev–Trinajstić information content (AvgIpc) is 3.19. The number of aromatic nitrogens is 1. The van der Waals surface area contributed by atoms with E-state index in [9.17, 15) is 13.6 Å². The van der Waals surface area contributed by atoms with Crippen molar-refractivity contribution in [3.63, 3.8) is 0 Å². The molecule has 0 N–H and O–H groups in total. The SMILES string of the molecule is O=C(c1ccc(N2CC(F)(F)C2)c(OCC2CC2)n1)N1CC2C[C@H]1CO2. The zero-order valence-corrected chi connectivity index (χ0v) is 14.4. The van der Waals surface area contributed by atoms with Crippen LogP contribution in [0, 0.1) is 5.92 Å². The predicted octanol–water partition coefficient (Wildman–Crippen LogP) is 1.94.